The molecule has 0 aliphatic carbocycles. The van der Waals surface area contributed by atoms with Crippen molar-refractivity contribution in [2.24, 2.45) is 7.05 Å². The zero-order valence-corrected chi connectivity index (χ0v) is 11.7. The Labute approximate surface area is 113 Å². The number of piperidine rings is 1. The van der Waals surface area contributed by atoms with Crippen LogP contribution in [0.5, 0.6) is 0 Å². The Balaban J connectivity index is 2.13. The summed E-state index contributed by atoms with van der Waals surface area (Å²) in [7, 11) is 2.15. The molecule has 0 saturated carbocycles. The molecule has 1 atom stereocenters. The minimum Gasteiger partial charge on any atom is -0.346 e. The highest BCUT2D eigenvalue weighted by Crippen LogP contribution is 2.32. The molecule has 0 bridgehead atoms. The van der Waals surface area contributed by atoms with Crippen molar-refractivity contribution in [3.63, 3.8) is 0 Å². The summed E-state index contributed by atoms with van der Waals surface area (Å²) in [6, 6.07) is 6.92. The summed E-state index contributed by atoms with van der Waals surface area (Å²) >= 11 is 6.23. The van der Waals surface area contributed by atoms with Gasteiger partial charge in [0.2, 0.25) is 0 Å². The smallest absolute Gasteiger partial charge is 0.0525 e. The Morgan fingerprint density at radius 3 is 2.89 bits per heavy atom. The SMILES string of the molecule is Cc1c(Cl)ccc2cc(C3CCCCN3)n(C)c12. The van der Waals surface area contributed by atoms with E-state index in [1.54, 1.807) is 0 Å². The molecular weight excluding hydrogens is 244 g/mol. The normalized spacial score (nSPS) is 20.5. The van der Waals surface area contributed by atoms with Crippen LogP contribution in [0.2, 0.25) is 5.02 Å². The number of hydrogen-bond donors (Lipinski definition) is 1. The molecule has 1 fully saturated rings. The lowest BCUT2D eigenvalue weighted by atomic mass is 10.0. The lowest BCUT2D eigenvalue weighted by Gasteiger charge is -2.24. The first-order chi connectivity index (χ1) is 8.68. The number of rotatable bonds is 1. The van der Waals surface area contributed by atoms with Crippen molar-refractivity contribution >= 4 is 22.5 Å². The van der Waals surface area contributed by atoms with Gasteiger partial charge in [-0.25, -0.2) is 0 Å². The quantitative estimate of drug-likeness (QED) is 0.823. The highest BCUT2D eigenvalue weighted by atomic mass is 35.5. The molecule has 1 aromatic heterocycles. The van der Waals surface area contributed by atoms with Gasteiger partial charge in [-0.1, -0.05) is 24.1 Å². The minimum atomic E-state index is 0.495. The van der Waals surface area contributed by atoms with E-state index in [0.29, 0.717) is 6.04 Å². The summed E-state index contributed by atoms with van der Waals surface area (Å²) in [5, 5.41) is 5.76. The summed E-state index contributed by atoms with van der Waals surface area (Å²) in [4.78, 5) is 0. The van der Waals surface area contributed by atoms with Gasteiger partial charge in [-0.3, -0.25) is 0 Å². The summed E-state index contributed by atoms with van der Waals surface area (Å²) in [6.07, 6.45) is 3.85. The molecular formula is C15H19ClN2. The number of fused-ring (bicyclic) bond motifs is 1. The molecule has 2 nitrogen and oxygen atoms in total. The molecule has 2 aromatic rings. The molecule has 1 aliphatic heterocycles. The van der Waals surface area contributed by atoms with Crippen molar-refractivity contribution in [1.82, 2.24) is 9.88 Å². The van der Waals surface area contributed by atoms with E-state index in [1.807, 2.05) is 6.07 Å². The predicted molar refractivity (Wildman–Crippen MR) is 77.3 cm³/mol. The number of nitrogens with one attached hydrogen (secondary N) is 1. The second kappa shape index (κ2) is 4.60. The van der Waals surface area contributed by atoms with E-state index in [1.165, 1.54) is 41.4 Å². The molecule has 1 saturated heterocycles. The molecule has 96 valence electrons. The lowest BCUT2D eigenvalue weighted by molar-refractivity contribution is 0.399. The molecule has 1 unspecified atom stereocenters. The molecule has 0 radical (unpaired) electrons. The summed E-state index contributed by atoms with van der Waals surface area (Å²) < 4.78 is 2.31. The fourth-order valence-electron chi connectivity index (χ4n) is 3.08. The van der Waals surface area contributed by atoms with Gasteiger partial charge in [0.25, 0.3) is 0 Å². The van der Waals surface area contributed by atoms with Gasteiger partial charge < -0.3 is 9.88 Å². The maximum absolute atomic E-state index is 6.23. The van der Waals surface area contributed by atoms with Crippen LogP contribution in [0, 0.1) is 6.92 Å². The van der Waals surface area contributed by atoms with Gasteiger partial charge in [-0.15, -0.1) is 0 Å². The van der Waals surface area contributed by atoms with Crippen LogP contribution in [0.3, 0.4) is 0 Å². The number of aromatic nitrogens is 1. The monoisotopic (exact) mass is 262 g/mol. The highest BCUT2D eigenvalue weighted by Gasteiger charge is 2.19. The maximum atomic E-state index is 6.23. The van der Waals surface area contributed by atoms with Crippen molar-refractivity contribution in [2.45, 2.75) is 32.2 Å². The molecule has 0 spiro atoms. The van der Waals surface area contributed by atoms with E-state index in [4.69, 9.17) is 11.6 Å². The second-order valence-corrected chi connectivity index (χ2v) is 5.65. The second-order valence-electron chi connectivity index (χ2n) is 5.24. The maximum Gasteiger partial charge on any atom is 0.0525 e. The Hall–Kier alpha value is -0.990. The van der Waals surface area contributed by atoms with Crippen LogP contribution in [0.15, 0.2) is 18.2 Å². The van der Waals surface area contributed by atoms with Crippen molar-refractivity contribution < 1.29 is 0 Å². The minimum absolute atomic E-state index is 0.495. The van der Waals surface area contributed by atoms with Gasteiger partial charge >= 0.3 is 0 Å². The van der Waals surface area contributed by atoms with Crippen LogP contribution in [0.4, 0.5) is 0 Å². The first-order valence-electron chi connectivity index (χ1n) is 6.66. The molecule has 18 heavy (non-hydrogen) atoms. The molecule has 1 aromatic carbocycles. The van der Waals surface area contributed by atoms with E-state index >= 15 is 0 Å². The third-order valence-corrected chi connectivity index (χ3v) is 4.50. The lowest BCUT2D eigenvalue weighted by Crippen LogP contribution is -2.28. The van der Waals surface area contributed by atoms with Gasteiger partial charge in [0, 0.05) is 29.2 Å². The Morgan fingerprint density at radius 2 is 2.17 bits per heavy atom. The van der Waals surface area contributed by atoms with Crippen LogP contribution in [-0.4, -0.2) is 11.1 Å². The fraction of sp³-hybridized carbons (Fsp3) is 0.467. The van der Waals surface area contributed by atoms with E-state index in [2.05, 4.69) is 36.0 Å². The average molecular weight is 263 g/mol. The zero-order chi connectivity index (χ0) is 12.7. The average Bonchev–Trinajstić information content (AvgIpc) is 2.73. The Kier molecular flexibility index (Phi) is 3.08. The van der Waals surface area contributed by atoms with Crippen molar-refractivity contribution in [1.29, 1.82) is 0 Å². The molecule has 3 rings (SSSR count). The van der Waals surface area contributed by atoms with E-state index in [0.717, 1.165) is 11.6 Å². The molecule has 1 aliphatic rings. The number of benzene rings is 1. The number of hydrogen-bond acceptors (Lipinski definition) is 1. The third kappa shape index (κ3) is 1.84. The number of aryl methyl sites for hydroxylation is 2. The molecule has 1 N–H and O–H groups in total. The van der Waals surface area contributed by atoms with E-state index in [-0.39, 0.29) is 0 Å². The van der Waals surface area contributed by atoms with Gasteiger partial charge in [-0.2, -0.15) is 0 Å². The van der Waals surface area contributed by atoms with Crippen molar-refractivity contribution in [3.05, 3.63) is 34.5 Å². The largest absolute Gasteiger partial charge is 0.346 e. The Morgan fingerprint density at radius 1 is 1.33 bits per heavy atom. The van der Waals surface area contributed by atoms with Gasteiger partial charge in [0.05, 0.1) is 5.52 Å². The van der Waals surface area contributed by atoms with Crippen LogP contribution in [0.1, 0.15) is 36.6 Å². The standard InChI is InChI=1S/C15H19ClN2/c1-10-12(16)7-6-11-9-14(18(2)15(10)11)13-5-3-4-8-17-13/h6-7,9,13,17H,3-5,8H2,1-2H3. The van der Waals surface area contributed by atoms with Gasteiger partial charge in [0.15, 0.2) is 0 Å². The molecule has 3 heteroatoms. The van der Waals surface area contributed by atoms with Crippen molar-refractivity contribution in [3.8, 4) is 0 Å². The number of halogens is 1. The van der Waals surface area contributed by atoms with Crippen molar-refractivity contribution in [2.75, 3.05) is 6.54 Å². The Bertz CT molecular complexity index is 580. The fourth-order valence-corrected chi connectivity index (χ4v) is 3.23. The molecule has 2 heterocycles. The predicted octanol–water partition coefficient (Wildman–Crippen LogP) is 3.95. The van der Waals surface area contributed by atoms with Crippen LogP contribution in [0.25, 0.3) is 10.9 Å². The third-order valence-electron chi connectivity index (χ3n) is 4.09. The summed E-state index contributed by atoms with van der Waals surface area (Å²) in [6.45, 7) is 3.23. The van der Waals surface area contributed by atoms with Gasteiger partial charge in [0.1, 0.15) is 0 Å². The topological polar surface area (TPSA) is 17.0 Å². The van der Waals surface area contributed by atoms with E-state index in [9.17, 15) is 0 Å². The summed E-state index contributed by atoms with van der Waals surface area (Å²) in [5.74, 6) is 0. The van der Waals surface area contributed by atoms with Crippen LogP contribution in [-0.2, 0) is 7.05 Å². The molecule has 0 amide bonds. The van der Waals surface area contributed by atoms with E-state index < -0.39 is 0 Å². The zero-order valence-electron chi connectivity index (χ0n) is 11.0. The highest BCUT2D eigenvalue weighted by molar-refractivity contribution is 6.32. The van der Waals surface area contributed by atoms with Crippen LogP contribution >= 0.6 is 11.6 Å². The van der Waals surface area contributed by atoms with Gasteiger partial charge in [-0.05, 0) is 44.0 Å². The summed E-state index contributed by atoms with van der Waals surface area (Å²) in [5.41, 5.74) is 3.83. The first-order valence-corrected chi connectivity index (χ1v) is 7.04. The first kappa shape index (κ1) is 12.1. The van der Waals surface area contributed by atoms with Crippen LogP contribution < -0.4 is 5.32 Å². The number of nitrogens with zero attached hydrogens (tertiary/aromatic N) is 1.